The zero-order chi connectivity index (χ0) is 8.91. The van der Waals surface area contributed by atoms with E-state index in [0.29, 0.717) is 6.61 Å². The smallest absolute Gasteiger partial charge is 0.279 e. The average molecular weight is 218 g/mol. The fourth-order valence-electron chi connectivity index (χ4n) is 0.345. The summed E-state index contributed by atoms with van der Waals surface area (Å²) in [5.74, 6) is 0.806. The van der Waals surface area contributed by atoms with Crippen LogP contribution in [0.2, 0.25) is 0 Å². The predicted molar refractivity (Wildman–Crippen MR) is 54.9 cm³/mol. The molecule has 0 fully saturated rings. The minimum absolute atomic E-state index is 0.424. The summed E-state index contributed by atoms with van der Waals surface area (Å²) >= 11 is 1.63. The van der Waals surface area contributed by atoms with E-state index in [1.54, 1.807) is 24.3 Å². The lowest BCUT2D eigenvalue weighted by molar-refractivity contribution is 0.267. The summed E-state index contributed by atoms with van der Waals surface area (Å²) in [4.78, 5) is 18.5. The van der Waals surface area contributed by atoms with Gasteiger partial charge in [-0.15, -0.1) is 10.1 Å². The SMILES string of the molecule is CSCCOP(O)(O)=S(C)C. The first kappa shape index (κ1) is 12.0. The van der Waals surface area contributed by atoms with E-state index in [0.717, 1.165) is 5.75 Å². The van der Waals surface area contributed by atoms with E-state index in [4.69, 9.17) is 4.52 Å². The first-order chi connectivity index (χ1) is 5.00. The van der Waals surface area contributed by atoms with Crippen molar-refractivity contribution < 1.29 is 14.3 Å². The van der Waals surface area contributed by atoms with Gasteiger partial charge in [0.25, 0.3) is 6.72 Å². The van der Waals surface area contributed by atoms with Crippen molar-refractivity contribution in [1.29, 1.82) is 0 Å². The van der Waals surface area contributed by atoms with Crippen molar-refractivity contribution in [1.82, 2.24) is 0 Å². The monoisotopic (exact) mass is 218 g/mol. The van der Waals surface area contributed by atoms with E-state index in [9.17, 15) is 9.79 Å². The molecule has 2 N–H and O–H groups in total. The molecule has 0 bridgehead atoms. The molecule has 0 spiro atoms. The first-order valence-electron chi connectivity index (χ1n) is 3.07. The first-order valence-corrected chi connectivity index (χ1v) is 8.72. The Kier molecular flexibility index (Phi) is 6.14. The quantitative estimate of drug-likeness (QED) is 0.544. The Labute approximate surface area is 74.3 Å². The predicted octanol–water partition coefficient (Wildman–Crippen LogP) is 0.906. The van der Waals surface area contributed by atoms with Gasteiger partial charge in [0.15, 0.2) is 0 Å². The topological polar surface area (TPSA) is 49.7 Å². The molecule has 0 unspecified atom stereocenters. The molecular weight excluding hydrogens is 203 g/mol. The van der Waals surface area contributed by atoms with Crippen LogP contribution in [0.1, 0.15) is 0 Å². The Morgan fingerprint density at radius 3 is 2.36 bits per heavy atom. The van der Waals surface area contributed by atoms with Crippen molar-refractivity contribution in [3.63, 3.8) is 0 Å². The van der Waals surface area contributed by atoms with Gasteiger partial charge in [0.2, 0.25) is 0 Å². The van der Waals surface area contributed by atoms with E-state index in [2.05, 4.69) is 0 Å². The molecule has 0 heterocycles. The molecule has 0 aliphatic rings. The van der Waals surface area contributed by atoms with Crippen LogP contribution < -0.4 is 0 Å². The third-order valence-corrected chi connectivity index (χ3v) is 6.24. The summed E-state index contributed by atoms with van der Waals surface area (Å²) in [5.41, 5.74) is 0. The second kappa shape index (κ2) is 5.62. The van der Waals surface area contributed by atoms with Crippen molar-refractivity contribution in [3.8, 4) is 0 Å². The lowest BCUT2D eigenvalue weighted by atomic mass is 10.9. The maximum atomic E-state index is 9.27. The minimum Gasteiger partial charge on any atom is -0.328 e. The van der Waals surface area contributed by atoms with Crippen LogP contribution in [-0.2, 0) is 14.6 Å². The molecule has 6 heteroatoms. The molecule has 70 valence electrons. The van der Waals surface area contributed by atoms with Gasteiger partial charge in [-0.25, -0.2) is 0 Å². The molecule has 0 aliphatic carbocycles. The van der Waals surface area contributed by atoms with Crippen LogP contribution in [0.15, 0.2) is 0 Å². The Balaban J connectivity index is 3.85. The second-order valence-corrected chi connectivity index (χ2v) is 9.48. The van der Waals surface area contributed by atoms with E-state index < -0.39 is 16.8 Å². The summed E-state index contributed by atoms with van der Waals surface area (Å²) in [6.07, 6.45) is 5.50. The maximum absolute atomic E-state index is 9.27. The molecule has 0 aromatic carbocycles. The summed E-state index contributed by atoms with van der Waals surface area (Å²) in [6, 6.07) is 0. The Hall–Kier alpha value is 1.01. The van der Waals surface area contributed by atoms with Crippen LogP contribution in [0.25, 0.3) is 0 Å². The van der Waals surface area contributed by atoms with Gasteiger partial charge in [-0.3, -0.25) is 0 Å². The van der Waals surface area contributed by atoms with Gasteiger partial charge in [0, 0.05) is 5.75 Å². The van der Waals surface area contributed by atoms with Gasteiger partial charge in [0.1, 0.15) is 0 Å². The van der Waals surface area contributed by atoms with Crippen molar-refractivity contribution in [2.24, 2.45) is 0 Å². The van der Waals surface area contributed by atoms with Crippen LogP contribution in [0.5, 0.6) is 0 Å². The van der Waals surface area contributed by atoms with Crippen molar-refractivity contribution in [2.45, 2.75) is 0 Å². The molecule has 0 radical (unpaired) electrons. The molecule has 0 rings (SSSR count). The zero-order valence-corrected chi connectivity index (χ0v) is 9.51. The van der Waals surface area contributed by atoms with Crippen LogP contribution in [-0.4, -0.2) is 40.9 Å². The largest absolute Gasteiger partial charge is 0.328 e. The molecule has 0 atom stereocenters. The fourth-order valence-corrected chi connectivity index (χ4v) is 2.11. The number of rotatable bonds is 4. The molecule has 3 nitrogen and oxygen atoms in total. The van der Waals surface area contributed by atoms with Crippen LogP contribution in [0.4, 0.5) is 0 Å². The van der Waals surface area contributed by atoms with Gasteiger partial charge in [0.05, 0.1) is 6.61 Å². The normalized spacial score (nSPS) is 12.5. The third kappa shape index (κ3) is 5.28. The molecule has 0 amide bonds. The van der Waals surface area contributed by atoms with Gasteiger partial charge in [-0.05, 0) is 18.8 Å². The Bertz CT molecular complexity index is 161. The van der Waals surface area contributed by atoms with Crippen molar-refractivity contribution in [3.05, 3.63) is 0 Å². The van der Waals surface area contributed by atoms with Crippen molar-refractivity contribution >= 4 is 28.6 Å². The van der Waals surface area contributed by atoms with Gasteiger partial charge in [-0.2, -0.15) is 11.8 Å². The highest BCUT2D eigenvalue weighted by Gasteiger charge is 2.10. The number of thioether (sulfide) groups is 1. The van der Waals surface area contributed by atoms with Gasteiger partial charge < -0.3 is 14.3 Å². The fraction of sp³-hybridized carbons (Fsp3) is 1.00. The van der Waals surface area contributed by atoms with E-state index in [1.807, 2.05) is 6.26 Å². The van der Waals surface area contributed by atoms with Crippen LogP contribution >= 0.6 is 18.5 Å². The second-order valence-electron chi connectivity index (χ2n) is 2.09. The number of hydrogen-bond acceptors (Lipinski definition) is 2. The summed E-state index contributed by atoms with van der Waals surface area (Å²) in [5, 5.41) is 0. The zero-order valence-electron chi connectivity index (χ0n) is 6.98. The molecule has 11 heavy (non-hydrogen) atoms. The maximum Gasteiger partial charge on any atom is 0.279 e. The molecule has 0 saturated carbocycles. The lowest BCUT2D eigenvalue weighted by Gasteiger charge is -2.14. The highest BCUT2D eigenvalue weighted by atomic mass is 32.5. The van der Waals surface area contributed by atoms with Gasteiger partial charge >= 0.3 is 0 Å². The van der Waals surface area contributed by atoms with E-state index >= 15 is 0 Å². The molecule has 0 aromatic heterocycles. The summed E-state index contributed by atoms with van der Waals surface area (Å²) < 4.78 is 4.95. The Morgan fingerprint density at radius 1 is 1.45 bits per heavy atom. The highest BCUT2D eigenvalue weighted by molar-refractivity contribution is 8.27. The molecular formula is C5H15O3PS2. The molecule has 0 aromatic rings. The summed E-state index contributed by atoms with van der Waals surface area (Å²) in [6.45, 7) is -2.61. The van der Waals surface area contributed by atoms with E-state index in [1.165, 1.54) is 0 Å². The van der Waals surface area contributed by atoms with E-state index in [-0.39, 0.29) is 0 Å². The van der Waals surface area contributed by atoms with Crippen LogP contribution in [0.3, 0.4) is 0 Å². The molecule has 0 aliphatic heterocycles. The van der Waals surface area contributed by atoms with Crippen LogP contribution in [0, 0.1) is 0 Å². The highest BCUT2D eigenvalue weighted by Crippen LogP contribution is 2.41. The van der Waals surface area contributed by atoms with Gasteiger partial charge in [-0.1, -0.05) is 0 Å². The third-order valence-electron chi connectivity index (χ3n) is 1.02. The summed E-state index contributed by atoms with van der Waals surface area (Å²) in [7, 11) is -0.439. The molecule has 0 saturated heterocycles. The standard InChI is InChI=1S/C5H15O3PS2/c1-10-5-4-8-9(6,7)11(2)3/h6-7H,4-5H2,1-3H3. The Morgan fingerprint density at radius 2 is 2.00 bits per heavy atom. The van der Waals surface area contributed by atoms with Crippen molar-refractivity contribution in [2.75, 3.05) is 31.1 Å². The minimum atomic E-state index is -3.03. The lowest BCUT2D eigenvalue weighted by Crippen LogP contribution is -1.98. The number of hydrogen-bond donors (Lipinski definition) is 2. The average Bonchev–Trinajstić information content (AvgIpc) is 1.88.